The minimum Gasteiger partial charge on any atom is -0.330 e. The van der Waals surface area contributed by atoms with Gasteiger partial charge in [0.1, 0.15) is 0 Å². The van der Waals surface area contributed by atoms with Gasteiger partial charge in [0.15, 0.2) is 0 Å². The molecule has 0 saturated heterocycles. The molecule has 0 aliphatic heterocycles. The van der Waals surface area contributed by atoms with Crippen LogP contribution in [0.2, 0.25) is 0 Å². The Labute approximate surface area is 116 Å². The van der Waals surface area contributed by atoms with Gasteiger partial charge in [0.2, 0.25) is 0 Å². The standard InChI is InChI=1S/C15H26N2S/c1-4-18-14-7-5-13(6-8-14)9-10-17-12-15(2,3)11-16/h5-8,17H,4,9-12,16H2,1-3H3. The minimum atomic E-state index is 0.196. The Hall–Kier alpha value is -0.510. The highest BCUT2D eigenvalue weighted by molar-refractivity contribution is 7.99. The van der Waals surface area contributed by atoms with Gasteiger partial charge in [-0.25, -0.2) is 0 Å². The molecule has 3 heteroatoms. The second kappa shape index (κ2) is 7.82. The first-order chi connectivity index (χ1) is 8.57. The SMILES string of the molecule is CCSc1ccc(CCNCC(C)(C)CN)cc1. The summed E-state index contributed by atoms with van der Waals surface area (Å²) in [6.07, 6.45) is 1.08. The Morgan fingerprint density at radius 2 is 1.89 bits per heavy atom. The monoisotopic (exact) mass is 266 g/mol. The van der Waals surface area contributed by atoms with E-state index < -0.39 is 0 Å². The van der Waals surface area contributed by atoms with Crippen molar-refractivity contribution in [2.45, 2.75) is 32.1 Å². The Kier molecular flexibility index (Phi) is 6.76. The maximum Gasteiger partial charge on any atom is 0.00720 e. The van der Waals surface area contributed by atoms with Crippen LogP contribution in [-0.4, -0.2) is 25.4 Å². The second-order valence-electron chi connectivity index (χ2n) is 5.37. The van der Waals surface area contributed by atoms with E-state index in [-0.39, 0.29) is 5.41 Å². The van der Waals surface area contributed by atoms with E-state index in [2.05, 4.69) is 50.4 Å². The molecule has 0 bridgehead atoms. The average Bonchev–Trinajstić information content (AvgIpc) is 2.37. The van der Waals surface area contributed by atoms with Gasteiger partial charge in [-0.05, 0) is 48.4 Å². The molecule has 0 saturated carbocycles. The van der Waals surface area contributed by atoms with Crippen LogP contribution in [0, 0.1) is 5.41 Å². The third-order valence-electron chi connectivity index (χ3n) is 2.98. The number of benzene rings is 1. The molecule has 3 N–H and O–H groups in total. The number of rotatable bonds is 8. The molecule has 1 rings (SSSR count). The van der Waals surface area contributed by atoms with E-state index in [0.717, 1.165) is 31.8 Å². The maximum absolute atomic E-state index is 5.70. The summed E-state index contributed by atoms with van der Waals surface area (Å²) >= 11 is 1.89. The lowest BCUT2D eigenvalue weighted by Gasteiger charge is -2.22. The second-order valence-corrected chi connectivity index (χ2v) is 6.71. The van der Waals surface area contributed by atoms with Crippen molar-refractivity contribution in [2.75, 3.05) is 25.4 Å². The van der Waals surface area contributed by atoms with Crippen molar-refractivity contribution < 1.29 is 0 Å². The van der Waals surface area contributed by atoms with Gasteiger partial charge in [0.25, 0.3) is 0 Å². The van der Waals surface area contributed by atoms with E-state index >= 15 is 0 Å². The van der Waals surface area contributed by atoms with E-state index in [4.69, 9.17) is 5.73 Å². The number of nitrogens with one attached hydrogen (secondary N) is 1. The minimum absolute atomic E-state index is 0.196. The van der Waals surface area contributed by atoms with Crippen LogP contribution in [0.25, 0.3) is 0 Å². The lowest BCUT2D eigenvalue weighted by Crippen LogP contribution is -2.36. The van der Waals surface area contributed by atoms with Gasteiger partial charge >= 0.3 is 0 Å². The Bertz CT molecular complexity index is 333. The molecule has 0 amide bonds. The zero-order chi connectivity index (χ0) is 13.4. The molecule has 0 unspecified atom stereocenters. The molecule has 0 fully saturated rings. The largest absolute Gasteiger partial charge is 0.330 e. The first-order valence-corrected chi connectivity index (χ1v) is 7.68. The molecule has 0 aliphatic rings. The van der Waals surface area contributed by atoms with Crippen LogP contribution in [0.3, 0.4) is 0 Å². The topological polar surface area (TPSA) is 38.0 Å². The lowest BCUT2D eigenvalue weighted by molar-refractivity contribution is 0.353. The van der Waals surface area contributed by atoms with E-state index in [0.29, 0.717) is 0 Å². The Morgan fingerprint density at radius 3 is 2.44 bits per heavy atom. The van der Waals surface area contributed by atoms with Gasteiger partial charge in [-0.15, -0.1) is 11.8 Å². The van der Waals surface area contributed by atoms with Crippen molar-refractivity contribution in [3.63, 3.8) is 0 Å². The van der Waals surface area contributed by atoms with Crippen LogP contribution in [0.5, 0.6) is 0 Å². The third-order valence-corrected chi connectivity index (χ3v) is 3.88. The Balaban J connectivity index is 2.27. The van der Waals surface area contributed by atoms with Gasteiger partial charge in [0, 0.05) is 11.4 Å². The molecule has 0 aliphatic carbocycles. The van der Waals surface area contributed by atoms with E-state index in [9.17, 15) is 0 Å². The molecule has 1 aromatic carbocycles. The zero-order valence-corrected chi connectivity index (χ0v) is 12.6. The van der Waals surface area contributed by atoms with Crippen LogP contribution in [0.4, 0.5) is 0 Å². The van der Waals surface area contributed by atoms with Crippen LogP contribution < -0.4 is 11.1 Å². The zero-order valence-electron chi connectivity index (χ0n) is 11.8. The molecule has 0 spiro atoms. The summed E-state index contributed by atoms with van der Waals surface area (Å²) in [7, 11) is 0. The molecule has 1 aromatic rings. The Morgan fingerprint density at radius 1 is 1.22 bits per heavy atom. The predicted octanol–water partition coefficient (Wildman–Crippen LogP) is 2.92. The van der Waals surface area contributed by atoms with Crippen molar-refractivity contribution in [1.29, 1.82) is 0 Å². The van der Waals surface area contributed by atoms with Crippen molar-refractivity contribution in [2.24, 2.45) is 11.1 Å². The van der Waals surface area contributed by atoms with E-state index in [1.54, 1.807) is 0 Å². The number of thioether (sulfide) groups is 1. The number of hydrogen-bond donors (Lipinski definition) is 2. The highest BCUT2D eigenvalue weighted by Crippen LogP contribution is 2.17. The van der Waals surface area contributed by atoms with Crippen LogP contribution >= 0.6 is 11.8 Å². The van der Waals surface area contributed by atoms with Gasteiger partial charge in [-0.2, -0.15) is 0 Å². The fraction of sp³-hybridized carbons (Fsp3) is 0.600. The summed E-state index contributed by atoms with van der Waals surface area (Å²) in [5.41, 5.74) is 7.30. The summed E-state index contributed by atoms with van der Waals surface area (Å²) in [4.78, 5) is 1.36. The smallest absolute Gasteiger partial charge is 0.00720 e. The summed E-state index contributed by atoms with van der Waals surface area (Å²) in [6, 6.07) is 8.89. The maximum atomic E-state index is 5.70. The van der Waals surface area contributed by atoms with Crippen molar-refractivity contribution in [3.8, 4) is 0 Å². The van der Waals surface area contributed by atoms with Gasteiger partial charge in [-0.3, -0.25) is 0 Å². The highest BCUT2D eigenvalue weighted by atomic mass is 32.2. The van der Waals surface area contributed by atoms with Gasteiger partial charge < -0.3 is 11.1 Å². The molecule has 2 nitrogen and oxygen atoms in total. The fourth-order valence-electron chi connectivity index (χ4n) is 1.65. The van der Waals surface area contributed by atoms with E-state index in [1.807, 2.05) is 11.8 Å². The molecular formula is C15H26N2S. The highest BCUT2D eigenvalue weighted by Gasteiger charge is 2.13. The summed E-state index contributed by atoms with van der Waals surface area (Å²) in [5.74, 6) is 1.13. The summed E-state index contributed by atoms with van der Waals surface area (Å²) < 4.78 is 0. The van der Waals surface area contributed by atoms with Crippen LogP contribution in [0.1, 0.15) is 26.3 Å². The first-order valence-electron chi connectivity index (χ1n) is 6.70. The molecular weight excluding hydrogens is 240 g/mol. The molecule has 0 atom stereocenters. The average molecular weight is 266 g/mol. The normalized spacial score (nSPS) is 11.8. The molecule has 0 heterocycles. The van der Waals surface area contributed by atoms with E-state index in [1.165, 1.54) is 10.5 Å². The van der Waals surface area contributed by atoms with Crippen LogP contribution in [0.15, 0.2) is 29.2 Å². The van der Waals surface area contributed by atoms with Crippen LogP contribution in [-0.2, 0) is 6.42 Å². The van der Waals surface area contributed by atoms with Crippen molar-refractivity contribution in [3.05, 3.63) is 29.8 Å². The molecule has 18 heavy (non-hydrogen) atoms. The summed E-state index contributed by atoms with van der Waals surface area (Å²) in [5, 5.41) is 3.48. The predicted molar refractivity (Wildman–Crippen MR) is 82.2 cm³/mol. The number of hydrogen-bond acceptors (Lipinski definition) is 3. The fourth-order valence-corrected chi connectivity index (χ4v) is 2.31. The van der Waals surface area contributed by atoms with Crippen molar-refractivity contribution >= 4 is 11.8 Å². The van der Waals surface area contributed by atoms with Crippen molar-refractivity contribution in [1.82, 2.24) is 5.32 Å². The van der Waals surface area contributed by atoms with Gasteiger partial charge in [0.05, 0.1) is 0 Å². The molecule has 0 aromatic heterocycles. The quantitative estimate of drug-likeness (QED) is 0.561. The first kappa shape index (κ1) is 15.5. The summed E-state index contributed by atoms with van der Waals surface area (Å²) in [6.45, 7) is 9.29. The van der Waals surface area contributed by atoms with Gasteiger partial charge in [-0.1, -0.05) is 32.9 Å². The third kappa shape index (κ3) is 5.89. The number of nitrogens with two attached hydrogens (primary N) is 1. The molecule has 0 radical (unpaired) electrons. The lowest BCUT2D eigenvalue weighted by atomic mass is 9.94. The molecule has 102 valence electrons.